The summed E-state index contributed by atoms with van der Waals surface area (Å²) >= 11 is 1.50. The zero-order valence-electron chi connectivity index (χ0n) is 24.6. The molecule has 0 bridgehead atoms. The van der Waals surface area contributed by atoms with E-state index in [1.807, 2.05) is 44.4 Å². The van der Waals surface area contributed by atoms with Gasteiger partial charge in [-0.2, -0.15) is 11.8 Å². The molecular weight excluding hydrogens is 570 g/mol. The van der Waals surface area contributed by atoms with Crippen LogP contribution >= 0.6 is 11.8 Å². The number of hydrogen-bond donors (Lipinski definition) is 7. The van der Waals surface area contributed by atoms with E-state index in [-0.39, 0.29) is 24.5 Å². The van der Waals surface area contributed by atoms with E-state index in [1.165, 1.54) is 23.9 Å². The molecule has 0 fully saturated rings. The molecule has 1 aromatic heterocycles. The molecule has 43 heavy (non-hydrogen) atoms. The average Bonchev–Trinajstić information content (AvgIpc) is 3.37. The topological polar surface area (TPSA) is 187 Å². The summed E-state index contributed by atoms with van der Waals surface area (Å²) in [5.41, 5.74) is 8.24. The van der Waals surface area contributed by atoms with Crippen molar-refractivity contribution in [3.63, 3.8) is 0 Å². The first-order valence-electron chi connectivity index (χ1n) is 14.2. The van der Waals surface area contributed by atoms with Crippen LogP contribution in [0.3, 0.4) is 0 Å². The number of carbonyl (C=O) groups excluding carboxylic acids is 3. The Morgan fingerprint density at radius 1 is 0.884 bits per heavy atom. The number of hydrogen-bond acceptors (Lipinski definition) is 7. The smallest absolute Gasteiger partial charge is 0.326 e. The predicted octanol–water partition coefficient (Wildman–Crippen LogP) is 2.32. The van der Waals surface area contributed by atoms with Crippen LogP contribution in [0.1, 0.15) is 37.8 Å². The van der Waals surface area contributed by atoms with Gasteiger partial charge in [0.05, 0.1) is 6.04 Å². The van der Waals surface area contributed by atoms with E-state index in [9.17, 15) is 29.4 Å². The van der Waals surface area contributed by atoms with Gasteiger partial charge < -0.3 is 36.9 Å². The van der Waals surface area contributed by atoms with Gasteiger partial charge in [0.2, 0.25) is 17.7 Å². The number of benzene rings is 2. The van der Waals surface area contributed by atoms with Crippen molar-refractivity contribution in [2.75, 3.05) is 12.0 Å². The van der Waals surface area contributed by atoms with Crippen LogP contribution < -0.4 is 21.7 Å². The Morgan fingerprint density at radius 2 is 1.51 bits per heavy atom. The standard InChI is InChI=1S/C31H41N5O6S/c1-18(2)14-23(32)28(38)34-25(12-13-43-3)29(39)35-26(15-19-8-10-21(37)11-9-19)30(40)36-27(31(41)42)16-20-17-33-24-7-5-4-6-22(20)24/h4-11,17-18,23,25-27,33,37H,12-16,32H2,1-3H3,(H,34,38)(H,35,39)(H,36,40)(H,41,42). The number of aliphatic carboxylic acids is 1. The minimum atomic E-state index is -1.27. The lowest BCUT2D eigenvalue weighted by molar-refractivity contribution is -0.142. The molecule has 2 aromatic carbocycles. The fraction of sp³-hybridized carbons (Fsp3) is 0.419. The molecule has 0 saturated heterocycles. The molecule has 232 valence electrons. The summed E-state index contributed by atoms with van der Waals surface area (Å²) in [5.74, 6) is -2.17. The zero-order valence-corrected chi connectivity index (χ0v) is 25.4. The Kier molecular flexibility index (Phi) is 12.4. The molecule has 0 aliphatic carbocycles. The van der Waals surface area contributed by atoms with Crippen LogP contribution in [0.5, 0.6) is 5.75 Å². The molecule has 0 aliphatic heterocycles. The number of para-hydroxylation sites is 1. The molecule has 0 spiro atoms. The van der Waals surface area contributed by atoms with Crippen molar-refractivity contribution >= 4 is 46.4 Å². The largest absolute Gasteiger partial charge is 0.508 e. The summed E-state index contributed by atoms with van der Waals surface area (Å²) in [7, 11) is 0. The summed E-state index contributed by atoms with van der Waals surface area (Å²) < 4.78 is 0. The van der Waals surface area contributed by atoms with Crippen molar-refractivity contribution in [1.29, 1.82) is 0 Å². The second-order valence-corrected chi connectivity index (χ2v) is 12.0. The van der Waals surface area contributed by atoms with E-state index in [1.54, 1.807) is 18.3 Å². The summed E-state index contributed by atoms with van der Waals surface area (Å²) in [6, 6.07) is 9.41. The molecule has 0 radical (unpaired) electrons. The van der Waals surface area contributed by atoms with Gasteiger partial charge in [-0.15, -0.1) is 0 Å². The van der Waals surface area contributed by atoms with Crippen LogP contribution in [0.15, 0.2) is 54.7 Å². The van der Waals surface area contributed by atoms with Gasteiger partial charge in [-0.1, -0.05) is 44.2 Å². The third-order valence-corrected chi connectivity index (χ3v) is 7.67. The van der Waals surface area contributed by atoms with E-state index < -0.39 is 47.9 Å². The van der Waals surface area contributed by atoms with Crippen molar-refractivity contribution in [2.45, 2.75) is 63.7 Å². The number of aromatic amines is 1. The molecule has 4 atom stereocenters. The van der Waals surface area contributed by atoms with Gasteiger partial charge in [0.15, 0.2) is 0 Å². The summed E-state index contributed by atoms with van der Waals surface area (Å²) in [6.45, 7) is 3.89. The molecule has 1 heterocycles. The molecule has 0 aliphatic rings. The van der Waals surface area contributed by atoms with Gasteiger partial charge in [0.1, 0.15) is 23.9 Å². The third-order valence-electron chi connectivity index (χ3n) is 7.03. The van der Waals surface area contributed by atoms with Crippen LogP contribution in [0, 0.1) is 5.92 Å². The number of nitrogens with two attached hydrogens (primary N) is 1. The first kappa shape index (κ1) is 33.5. The lowest BCUT2D eigenvalue weighted by Crippen LogP contribution is -2.58. The SMILES string of the molecule is CSCCC(NC(=O)C(N)CC(C)C)C(=O)NC(Cc1ccc(O)cc1)C(=O)NC(Cc1c[nH]c2ccccc12)C(=O)O. The molecule has 12 heteroatoms. The van der Waals surface area contributed by atoms with E-state index in [4.69, 9.17) is 5.73 Å². The first-order chi connectivity index (χ1) is 20.5. The van der Waals surface area contributed by atoms with Gasteiger partial charge in [-0.05, 0) is 60.1 Å². The number of carboxylic acids is 1. The Balaban J connectivity index is 1.81. The summed E-state index contributed by atoms with van der Waals surface area (Å²) in [4.78, 5) is 55.2. The number of rotatable bonds is 16. The minimum absolute atomic E-state index is 0.0190. The number of H-pyrrole nitrogens is 1. The maximum Gasteiger partial charge on any atom is 0.326 e. The molecular formula is C31H41N5O6S. The third kappa shape index (κ3) is 10.0. The maximum atomic E-state index is 13.6. The Hall–Kier alpha value is -4.03. The van der Waals surface area contributed by atoms with Crippen LogP contribution in [0.25, 0.3) is 10.9 Å². The van der Waals surface area contributed by atoms with E-state index in [2.05, 4.69) is 20.9 Å². The monoisotopic (exact) mass is 611 g/mol. The van der Waals surface area contributed by atoms with Gasteiger partial charge >= 0.3 is 5.97 Å². The van der Waals surface area contributed by atoms with Crippen LogP contribution in [0.2, 0.25) is 0 Å². The first-order valence-corrected chi connectivity index (χ1v) is 15.6. The molecule has 3 amide bonds. The Bertz CT molecular complexity index is 1390. The van der Waals surface area contributed by atoms with E-state index >= 15 is 0 Å². The number of aromatic nitrogens is 1. The minimum Gasteiger partial charge on any atom is -0.508 e. The fourth-order valence-electron chi connectivity index (χ4n) is 4.74. The molecule has 0 saturated carbocycles. The number of thioether (sulfide) groups is 1. The van der Waals surface area contributed by atoms with Crippen LogP contribution in [-0.2, 0) is 32.0 Å². The highest BCUT2D eigenvalue weighted by atomic mass is 32.2. The van der Waals surface area contributed by atoms with Gasteiger partial charge in [0, 0.05) is 29.9 Å². The number of amides is 3. The molecule has 4 unspecified atom stereocenters. The zero-order chi connectivity index (χ0) is 31.5. The second-order valence-electron chi connectivity index (χ2n) is 11.0. The number of carboxylic acid groups (broad SMARTS) is 1. The molecule has 11 nitrogen and oxygen atoms in total. The van der Waals surface area contributed by atoms with Crippen LogP contribution in [-0.4, -0.2) is 75.1 Å². The highest BCUT2D eigenvalue weighted by Gasteiger charge is 2.31. The van der Waals surface area contributed by atoms with Gasteiger partial charge in [0.25, 0.3) is 0 Å². The van der Waals surface area contributed by atoms with E-state index in [0.29, 0.717) is 24.2 Å². The average molecular weight is 612 g/mol. The summed E-state index contributed by atoms with van der Waals surface area (Å²) in [5, 5.41) is 28.6. The van der Waals surface area contributed by atoms with Crippen molar-refractivity contribution in [1.82, 2.24) is 20.9 Å². The second kappa shape index (κ2) is 16.0. The van der Waals surface area contributed by atoms with Crippen LogP contribution in [0.4, 0.5) is 0 Å². The Morgan fingerprint density at radius 3 is 2.16 bits per heavy atom. The highest BCUT2D eigenvalue weighted by Crippen LogP contribution is 2.19. The number of nitrogens with one attached hydrogen (secondary N) is 4. The van der Waals surface area contributed by atoms with Gasteiger partial charge in [-0.25, -0.2) is 4.79 Å². The number of carbonyl (C=O) groups is 4. The fourth-order valence-corrected chi connectivity index (χ4v) is 5.21. The normalized spacial score (nSPS) is 14.1. The van der Waals surface area contributed by atoms with Crippen molar-refractivity contribution < 1.29 is 29.4 Å². The number of phenols is 1. The van der Waals surface area contributed by atoms with Crippen molar-refractivity contribution in [3.8, 4) is 5.75 Å². The Labute approximate surface area is 255 Å². The van der Waals surface area contributed by atoms with Gasteiger partial charge in [-0.3, -0.25) is 14.4 Å². The van der Waals surface area contributed by atoms with Crippen molar-refractivity contribution in [2.24, 2.45) is 11.7 Å². The highest BCUT2D eigenvalue weighted by molar-refractivity contribution is 7.98. The van der Waals surface area contributed by atoms with E-state index in [0.717, 1.165) is 16.5 Å². The summed E-state index contributed by atoms with van der Waals surface area (Å²) in [6.07, 6.45) is 4.38. The quantitative estimate of drug-likeness (QED) is 0.129. The molecule has 3 aromatic rings. The maximum absolute atomic E-state index is 13.6. The molecule has 8 N–H and O–H groups in total. The molecule has 3 rings (SSSR count). The lowest BCUT2D eigenvalue weighted by Gasteiger charge is -2.25. The number of phenolic OH excluding ortho intramolecular Hbond substituents is 1. The lowest BCUT2D eigenvalue weighted by atomic mass is 10.0. The van der Waals surface area contributed by atoms with Crippen molar-refractivity contribution in [3.05, 3.63) is 65.9 Å². The predicted molar refractivity (Wildman–Crippen MR) is 168 cm³/mol. The number of aromatic hydroxyl groups is 1. The number of fused-ring (bicyclic) bond motifs is 1.